The summed E-state index contributed by atoms with van der Waals surface area (Å²) in [5.74, 6) is -0.620. The molecule has 23 heavy (non-hydrogen) atoms. The summed E-state index contributed by atoms with van der Waals surface area (Å²) in [6.07, 6.45) is 2.82. The van der Waals surface area contributed by atoms with E-state index in [1.54, 1.807) is 0 Å². The number of carbonyl (C=O) groups is 2. The lowest BCUT2D eigenvalue weighted by atomic mass is 9.98. The monoisotopic (exact) mass is 379 g/mol. The zero-order valence-electron chi connectivity index (χ0n) is 12.5. The van der Waals surface area contributed by atoms with Gasteiger partial charge in [0.2, 0.25) is 0 Å². The molecule has 0 atom stereocenters. The number of esters is 1. The summed E-state index contributed by atoms with van der Waals surface area (Å²) < 4.78 is 10.2. The third-order valence-corrected chi connectivity index (χ3v) is 4.76. The van der Waals surface area contributed by atoms with Crippen LogP contribution < -0.4 is 10.1 Å². The highest BCUT2D eigenvalue weighted by molar-refractivity contribution is 6.43. The quantitative estimate of drug-likeness (QED) is 0.626. The molecule has 0 spiro atoms. The van der Waals surface area contributed by atoms with Crippen molar-refractivity contribution in [3.63, 3.8) is 0 Å². The zero-order valence-corrected chi connectivity index (χ0v) is 14.7. The number of ether oxygens (including phenoxy) is 2. The lowest BCUT2D eigenvalue weighted by Gasteiger charge is -2.27. The molecule has 1 aliphatic carbocycles. The van der Waals surface area contributed by atoms with Gasteiger partial charge in [0.1, 0.15) is 11.3 Å². The smallest absolute Gasteiger partial charge is 0.331 e. The molecule has 0 bridgehead atoms. The van der Waals surface area contributed by atoms with Gasteiger partial charge >= 0.3 is 5.97 Å². The van der Waals surface area contributed by atoms with Crippen molar-refractivity contribution in [3.8, 4) is 5.75 Å². The van der Waals surface area contributed by atoms with Gasteiger partial charge < -0.3 is 14.8 Å². The van der Waals surface area contributed by atoms with E-state index in [1.165, 1.54) is 19.2 Å². The summed E-state index contributed by atoms with van der Waals surface area (Å²) >= 11 is 17.7. The minimum Gasteiger partial charge on any atom is -0.482 e. The summed E-state index contributed by atoms with van der Waals surface area (Å²) in [5.41, 5.74) is -0.962. The summed E-state index contributed by atoms with van der Waals surface area (Å²) in [4.78, 5) is 24.1. The van der Waals surface area contributed by atoms with Gasteiger partial charge in [0, 0.05) is 6.07 Å². The zero-order chi connectivity index (χ0) is 17.0. The van der Waals surface area contributed by atoms with Gasteiger partial charge in [-0.15, -0.1) is 0 Å². The van der Waals surface area contributed by atoms with E-state index in [1.807, 2.05) is 0 Å². The average Bonchev–Trinajstić information content (AvgIpc) is 2.98. The first-order valence-electron chi connectivity index (χ1n) is 7.05. The maximum atomic E-state index is 12.1. The van der Waals surface area contributed by atoms with Crippen molar-refractivity contribution in [1.29, 1.82) is 0 Å². The second kappa shape index (κ2) is 7.60. The predicted molar refractivity (Wildman–Crippen MR) is 88.3 cm³/mol. The number of halogens is 3. The van der Waals surface area contributed by atoms with Crippen LogP contribution in [0.5, 0.6) is 5.75 Å². The first-order valence-corrected chi connectivity index (χ1v) is 8.18. The van der Waals surface area contributed by atoms with Crippen LogP contribution >= 0.6 is 34.8 Å². The Morgan fingerprint density at radius 3 is 2.35 bits per heavy atom. The molecule has 0 aromatic heterocycles. The molecule has 5 nitrogen and oxygen atoms in total. The SMILES string of the molecule is COC(=O)C1(NC(=O)COc2cc(Cl)c(Cl)cc2Cl)CCCC1. The van der Waals surface area contributed by atoms with Crippen molar-refractivity contribution in [3.05, 3.63) is 27.2 Å². The fourth-order valence-corrected chi connectivity index (χ4v) is 3.21. The van der Waals surface area contributed by atoms with Crippen LogP contribution in [-0.4, -0.2) is 31.1 Å². The van der Waals surface area contributed by atoms with Crippen LogP contribution in [0.25, 0.3) is 0 Å². The van der Waals surface area contributed by atoms with Gasteiger partial charge in [-0.05, 0) is 18.9 Å². The fourth-order valence-electron chi connectivity index (χ4n) is 2.62. The van der Waals surface area contributed by atoms with E-state index in [0.717, 1.165) is 12.8 Å². The summed E-state index contributed by atoms with van der Waals surface area (Å²) in [6, 6.07) is 2.87. The van der Waals surface area contributed by atoms with Crippen LogP contribution in [0.4, 0.5) is 0 Å². The summed E-state index contributed by atoms with van der Waals surface area (Å²) in [6.45, 7) is -0.295. The fraction of sp³-hybridized carbons (Fsp3) is 0.467. The Labute approximate surface area is 149 Å². The molecule has 1 fully saturated rings. The first-order chi connectivity index (χ1) is 10.9. The largest absolute Gasteiger partial charge is 0.482 e. The number of rotatable bonds is 5. The molecule has 8 heteroatoms. The second-order valence-electron chi connectivity index (χ2n) is 5.31. The van der Waals surface area contributed by atoms with Crippen LogP contribution in [0.15, 0.2) is 12.1 Å². The number of hydrogen-bond donors (Lipinski definition) is 1. The van der Waals surface area contributed by atoms with Crippen molar-refractivity contribution in [2.24, 2.45) is 0 Å². The van der Waals surface area contributed by atoms with Crippen LogP contribution in [0, 0.1) is 0 Å². The molecular formula is C15H16Cl3NO4. The molecule has 1 aromatic carbocycles. The van der Waals surface area contributed by atoms with Crippen LogP contribution in [-0.2, 0) is 14.3 Å². The van der Waals surface area contributed by atoms with Gasteiger partial charge in [-0.25, -0.2) is 4.79 Å². The van der Waals surface area contributed by atoms with Crippen molar-refractivity contribution in [2.45, 2.75) is 31.2 Å². The van der Waals surface area contributed by atoms with E-state index in [2.05, 4.69) is 5.32 Å². The Morgan fingerprint density at radius 1 is 1.13 bits per heavy atom. The minimum absolute atomic E-state index is 0.245. The molecule has 0 unspecified atom stereocenters. The second-order valence-corrected chi connectivity index (χ2v) is 6.54. The van der Waals surface area contributed by atoms with E-state index in [-0.39, 0.29) is 22.4 Å². The van der Waals surface area contributed by atoms with E-state index >= 15 is 0 Å². The molecule has 0 heterocycles. The molecule has 1 aromatic rings. The third kappa shape index (κ3) is 4.22. The normalized spacial score (nSPS) is 16.0. The maximum Gasteiger partial charge on any atom is 0.331 e. The van der Waals surface area contributed by atoms with Gasteiger partial charge in [-0.1, -0.05) is 47.6 Å². The highest BCUT2D eigenvalue weighted by atomic mass is 35.5. The maximum absolute atomic E-state index is 12.1. The number of carbonyl (C=O) groups excluding carboxylic acids is 2. The molecule has 0 radical (unpaired) electrons. The molecule has 1 N–H and O–H groups in total. The number of methoxy groups -OCH3 is 1. The summed E-state index contributed by atoms with van der Waals surface area (Å²) in [7, 11) is 1.31. The molecule has 126 valence electrons. The Morgan fingerprint density at radius 2 is 1.74 bits per heavy atom. The molecule has 0 aliphatic heterocycles. The Hall–Kier alpha value is -1.17. The molecule has 2 rings (SSSR count). The standard InChI is InChI=1S/C15H16Cl3NO4/c1-22-14(21)15(4-2-3-5-15)19-13(20)8-23-12-7-10(17)9(16)6-11(12)18/h6-7H,2-5,8H2,1H3,(H,19,20). The highest BCUT2D eigenvalue weighted by Crippen LogP contribution is 2.34. The molecule has 1 saturated carbocycles. The minimum atomic E-state index is -0.962. The van der Waals surface area contributed by atoms with Gasteiger partial charge in [0.25, 0.3) is 5.91 Å². The first kappa shape index (κ1) is 18.2. The lowest BCUT2D eigenvalue weighted by molar-refractivity contribution is -0.151. The van der Waals surface area contributed by atoms with Crippen LogP contribution in [0.2, 0.25) is 15.1 Å². The highest BCUT2D eigenvalue weighted by Gasteiger charge is 2.43. The number of hydrogen-bond acceptors (Lipinski definition) is 4. The third-order valence-electron chi connectivity index (χ3n) is 3.75. The molecule has 1 aliphatic rings. The number of nitrogens with one attached hydrogen (secondary N) is 1. The molecule has 0 saturated heterocycles. The lowest BCUT2D eigenvalue weighted by Crippen LogP contribution is -2.54. The Kier molecular flexibility index (Phi) is 6.00. The van der Waals surface area contributed by atoms with Crippen molar-refractivity contribution >= 4 is 46.7 Å². The van der Waals surface area contributed by atoms with E-state index in [4.69, 9.17) is 44.3 Å². The number of benzene rings is 1. The Bertz CT molecular complexity index is 615. The molecular weight excluding hydrogens is 365 g/mol. The van der Waals surface area contributed by atoms with E-state index in [9.17, 15) is 9.59 Å². The Balaban J connectivity index is 2.00. The van der Waals surface area contributed by atoms with Gasteiger partial charge in [0.05, 0.1) is 22.2 Å². The van der Waals surface area contributed by atoms with Crippen molar-refractivity contribution in [2.75, 3.05) is 13.7 Å². The topological polar surface area (TPSA) is 64.6 Å². The van der Waals surface area contributed by atoms with Gasteiger partial charge in [0.15, 0.2) is 6.61 Å². The van der Waals surface area contributed by atoms with Crippen molar-refractivity contribution in [1.82, 2.24) is 5.32 Å². The van der Waals surface area contributed by atoms with Gasteiger partial charge in [-0.3, -0.25) is 4.79 Å². The summed E-state index contributed by atoms with van der Waals surface area (Å²) in [5, 5.41) is 3.53. The average molecular weight is 381 g/mol. The number of amides is 1. The van der Waals surface area contributed by atoms with E-state index in [0.29, 0.717) is 17.9 Å². The van der Waals surface area contributed by atoms with Crippen LogP contribution in [0.1, 0.15) is 25.7 Å². The predicted octanol–water partition coefficient (Wildman–Crippen LogP) is 3.63. The van der Waals surface area contributed by atoms with Crippen molar-refractivity contribution < 1.29 is 19.1 Å². The molecule has 1 amide bonds. The van der Waals surface area contributed by atoms with Crippen LogP contribution in [0.3, 0.4) is 0 Å². The van der Waals surface area contributed by atoms with E-state index < -0.39 is 17.4 Å². The van der Waals surface area contributed by atoms with Gasteiger partial charge in [-0.2, -0.15) is 0 Å².